The Labute approximate surface area is 159 Å². The predicted octanol–water partition coefficient (Wildman–Crippen LogP) is 5.02. The lowest BCUT2D eigenvalue weighted by molar-refractivity contribution is 0.483. The molecule has 0 spiro atoms. The van der Waals surface area contributed by atoms with Gasteiger partial charge in [0, 0.05) is 6.54 Å². The van der Waals surface area contributed by atoms with Crippen molar-refractivity contribution in [1.29, 1.82) is 0 Å². The topological polar surface area (TPSA) is 73.0 Å². The van der Waals surface area contributed by atoms with Gasteiger partial charge in [-0.3, -0.25) is 9.11 Å². The predicted molar refractivity (Wildman–Crippen MR) is 108 cm³/mol. The molecule has 4 rings (SSSR count). The maximum Gasteiger partial charge on any atom is 0.148 e. The van der Waals surface area contributed by atoms with Crippen molar-refractivity contribution in [3.63, 3.8) is 0 Å². The maximum atomic E-state index is 14.4. The number of anilines is 3. The summed E-state index contributed by atoms with van der Waals surface area (Å²) in [6.45, 7) is 0.720. The van der Waals surface area contributed by atoms with Crippen LogP contribution in [0.25, 0.3) is 0 Å². The van der Waals surface area contributed by atoms with E-state index in [2.05, 4.69) is 0 Å². The van der Waals surface area contributed by atoms with Crippen molar-refractivity contribution in [1.82, 2.24) is 0 Å². The van der Waals surface area contributed by atoms with E-state index in [1.54, 1.807) is 36.4 Å². The molecule has 0 aliphatic carbocycles. The molecule has 1 heterocycles. The Bertz CT molecular complexity index is 965. The van der Waals surface area contributed by atoms with Gasteiger partial charge in [0.15, 0.2) is 0 Å². The van der Waals surface area contributed by atoms with Crippen LogP contribution in [0.15, 0.2) is 72.8 Å². The van der Waals surface area contributed by atoms with Crippen molar-refractivity contribution >= 4 is 28.0 Å². The second-order valence-corrected chi connectivity index (χ2v) is 8.07. The zero-order valence-electron chi connectivity index (χ0n) is 14.5. The summed E-state index contributed by atoms with van der Waals surface area (Å²) in [5, 5.41) is 0. The molecular formula is C20H20FN3O2S. The second-order valence-electron chi connectivity index (χ2n) is 6.28. The first kappa shape index (κ1) is 17.8. The number of nitrogens with zero attached hydrogens (tertiary/aromatic N) is 2. The van der Waals surface area contributed by atoms with E-state index in [0.29, 0.717) is 17.9 Å². The number of hydrogen-bond donors (Lipinski definition) is 3. The molecular weight excluding hydrogens is 365 g/mol. The lowest BCUT2D eigenvalue weighted by Crippen LogP contribution is -2.31. The van der Waals surface area contributed by atoms with Gasteiger partial charge in [-0.25, -0.2) is 13.0 Å². The van der Waals surface area contributed by atoms with Crippen LogP contribution in [-0.4, -0.2) is 9.11 Å². The average Bonchev–Trinajstić information content (AvgIpc) is 2.90. The smallest absolute Gasteiger partial charge is 0.148 e. The third-order valence-corrected chi connectivity index (χ3v) is 6.37. The van der Waals surface area contributed by atoms with E-state index in [1.165, 1.54) is 14.7 Å². The number of fused-ring (bicyclic) bond motifs is 1. The Hall–Kier alpha value is -2.58. The van der Waals surface area contributed by atoms with Crippen molar-refractivity contribution in [2.75, 3.05) is 8.61 Å². The van der Waals surface area contributed by atoms with Crippen LogP contribution in [0.1, 0.15) is 11.1 Å². The minimum absolute atomic E-state index is 0.130. The van der Waals surface area contributed by atoms with E-state index in [4.69, 9.17) is 5.73 Å². The molecule has 1 aliphatic rings. The molecule has 27 heavy (non-hydrogen) atoms. The highest BCUT2D eigenvalue weighted by Crippen LogP contribution is 2.64. The highest BCUT2D eigenvalue weighted by Gasteiger charge is 2.42. The molecule has 3 aromatic carbocycles. The summed E-state index contributed by atoms with van der Waals surface area (Å²) in [5.74, 6) is -0.513. The van der Waals surface area contributed by atoms with E-state index in [0.717, 1.165) is 11.1 Å². The van der Waals surface area contributed by atoms with Crippen LogP contribution >= 0.6 is 11.0 Å². The van der Waals surface area contributed by atoms with Crippen molar-refractivity contribution < 1.29 is 13.5 Å². The number of halogens is 1. The van der Waals surface area contributed by atoms with Crippen LogP contribution in [-0.2, 0) is 13.1 Å². The highest BCUT2D eigenvalue weighted by atomic mass is 32.3. The molecule has 1 aliphatic heterocycles. The largest absolute Gasteiger partial charge is 0.326 e. The first-order valence-electron chi connectivity index (χ1n) is 8.50. The summed E-state index contributed by atoms with van der Waals surface area (Å²) in [6.07, 6.45) is 0. The van der Waals surface area contributed by atoms with E-state index < -0.39 is 16.8 Å². The van der Waals surface area contributed by atoms with E-state index in [-0.39, 0.29) is 12.2 Å². The van der Waals surface area contributed by atoms with Gasteiger partial charge >= 0.3 is 0 Å². The Balaban J connectivity index is 1.77. The molecule has 7 heteroatoms. The Morgan fingerprint density at radius 1 is 0.778 bits per heavy atom. The van der Waals surface area contributed by atoms with E-state index in [1.807, 2.05) is 30.3 Å². The molecule has 0 radical (unpaired) electrons. The summed E-state index contributed by atoms with van der Waals surface area (Å²) < 4.78 is 39.4. The molecule has 0 unspecified atom stereocenters. The van der Waals surface area contributed by atoms with Crippen LogP contribution < -0.4 is 14.3 Å². The SMILES string of the molecule is NCc1ccc(CN2c3ccccc3N(c3ccccc3F)S2(O)O)cc1. The molecule has 4 N–H and O–H groups in total. The minimum atomic E-state index is -3.47. The molecule has 0 aromatic heterocycles. The second kappa shape index (κ2) is 6.86. The monoisotopic (exact) mass is 385 g/mol. The molecule has 0 atom stereocenters. The Morgan fingerprint density at radius 2 is 1.33 bits per heavy atom. The molecule has 0 saturated carbocycles. The van der Waals surface area contributed by atoms with Crippen LogP contribution in [0.5, 0.6) is 0 Å². The molecule has 0 fully saturated rings. The van der Waals surface area contributed by atoms with E-state index in [9.17, 15) is 13.5 Å². The summed E-state index contributed by atoms with van der Waals surface area (Å²) in [6, 6.07) is 20.9. The molecule has 0 bridgehead atoms. The van der Waals surface area contributed by atoms with Gasteiger partial charge in [-0.2, -0.15) is 0 Å². The zero-order chi connectivity index (χ0) is 19.0. The van der Waals surface area contributed by atoms with Crippen molar-refractivity contribution in [2.24, 2.45) is 5.73 Å². The number of benzene rings is 3. The van der Waals surface area contributed by atoms with E-state index >= 15 is 0 Å². The average molecular weight is 385 g/mol. The summed E-state index contributed by atoms with van der Waals surface area (Å²) in [4.78, 5) is 0. The third kappa shape index (κ3) is 3.04. The van der Waals surface area contributed by atoms with Gasteiger partial charge < -0.3 is 5.73 Å². The van der Waals surface area contributed by atoms with Crippen LogP contribution in [0.4, 0.5) is 21.5 Å². The number of nitrogens with two attached hydrogens (primary N) is 1. The van der Waals surface area contributed by atoms with Crippen LogP contribution in [0.2, 0.25) is 0 Å². The summed E-state index contributed by atoms with van der Waals surface area (Å²) >= 11 is 0. The molecule has 140 valence electrons. The Morgan fingerprint density at radius 3 is 1.96 bits per heavy atom. The number of hydrogen-bond acceptors (Lipinski definition) is 5. The number of para-hydroxylation sites is 3. The summed E-state index contributed by atoms with van der Waals surface area (Å²) in [7, 11) is -3.47. The molecule has 5 nitrogen and oxygen atoms in total. The van der Waals surface area contributed by atoms with Gasteiger partial charge in [-0.1, -0.05) is 48.5 Å². The third-order valence-electron chi connectivity index (χ3n) is 4.57. The van der Waals surface area contributed by atoms with Crippen molar-refractivity contribution in [3.8, 4) is 0 Å². The van der Waals surface area contributed by atoms with Gasteiger partial charge in [-0.15, -0.1) is 0 Å². The molecule has 0 saturated heterocycles. The molecule has 0 amide bonds. The first-order valence-corrected chi connectivity index (χ1v) is 9.96. The standard InChI is InChI=1S/C20H20FN3O2S/c21-17-5-1-2-6-18(17)24-20-8-4-3-7-19(20)23(27(24,25)26)14-16-11-9-15(13-22)10-12-16/h1-12,25-26H,13-14,22H2. The van der Waals surface area contributed by atoms with Gasteiger partial charge in [0.05, 0.1) is 17.9 Å². The lowest BCUT2D eigenvalue weighted by atomic mass is 10.1. The number of rotatable bonds is 4. The van der Waals surface area contributed by atoms with Gasteiger partial charge in [0.1, 0.15) is 11.5 Å². The first-order chi connectivity index (χ1) is 13.0. The fourth-order valence-corrected chi connectivity index (χ4v) is 4.97. The highest BCUT2D eigenvalue weighted by molar-refractivity contribution is 8.27. The minimum Gasteiger partial charge on any atom is -0.326 e. The fourth-order valence-electron chi connectivity index (χ4n) is 3.21. The lowest BCUT2D eigenvalue weighted by Gasteiger charge is -2.43. The zero-order valence-corrected chi connectivity index (χ0v) is 15.3. The van der Waals surface area contributed by atoms with Gasteiger partial charge in [0.2, 0.25) is 0 Å². The fraction of sp³-hybridized carbons (Fsp3) is 0.100. The molecule has 3 aromatic rings. The van der Waals surface area contributed by atoms with Crippen LogP contribution in [0, 0.1) is 5.82 Å². The summed E-state index contributed by atoms with van der Waals surface area (Å²) in [5.41, 5.74) is 8.87. The quantitative estimate of drug-likeness (QED) is 0.588. The maximum absolute atomic E-state index is 14.4. The van der Waals surface area contributed by atoms with Gasteiger partial charge in [-0.05, 0) is 46.4 Å². The normalized spacial score (nSPS) is 16.3. The van der Waals surface area contributed by atoms with Crippen LogP contribution in [0.3, 0.4) is 0 Å². The van der Waals surface area contributed by atoms with Crippen molar-refractivity contribution in [3.05, 3.63) is 89.7 Å². The van der Waals surface area contributed by atoms with Crippen molar-refractivity contribution in [2.45, 2.75) is 13.1 Å². The van der Waals surface area contributed by atoms with Gasteiger partial charge in [0.25, 0.3) is 0 Å². The Kier molecular flexibility index (Phi) is 4.53.